The number of nitrogens with one attached hydrogen (secondary N) is 1. The molecule has 2 unspecified atom stereocenters. The van der Waals surface area contributed by atoms with E-state index in [4.69, 9.17) is 4.63 Å². The predicted molar refractivity (Wildman–Crippen MR) is 75.2 cm³/mol. The molecule has 8 nitrogen and oxygen atoms in total. The van der Waals surface area contributed by atoms with Crippen LogP contribution in [0.2, 0.25) is 0 Å². The van der Waals surface area contributed by atoms with Gasteiger partial charge in [0.15, 0.2) is 5.52 Å². The maximum absolute atomic E-state index is 11.0. The molecule has 0 aliphatic carbocycles. The fourth-order valence-electron chi connectivity index (χ4n) is 3.49. The maximum atomic E-state index is 11.0. The normalized spacial score (nSPS) is 25.2. The average molecular weight is 289 g/mol. The lowest BCUT2D eigenvalue weighted by atomic mass is 9.94. The van der Waals surface area contributed by atoms with Gasteiger partial charge in [0.25, 0.3) is 0 Å². The second-order valence-corrected chi connectivity index (χ2v) is 5.69. The number of hydrogen-bond donors (Lipinski definition) is 1. The summed E-state index contributed by atoms with van der Waals surface area (Å²) in [6, 6.07) is 3.73. The van der Waals surface area contributed by atoms with Crippen molar-refractivity contribution in [3.8, 4) is 0 Å². The number of piperidine rings is 1. The molecular formula is C13H15N5O3. The van der Waals surface area contributed by atoms with E-state index in [1.807, 2.05) is 0 Å². The molecule has 1 N–H and O–H groups in total. The third-order valence-electron chi connectivity index (χ3n) is 4.51. The molecule has 0 saturated carbocycles. The number of non-ortho nitro benzene ring substituents is 1. The van der Waals surface area contributed by atoms with Crippen molar-refractivity contribution in [3.05, 3.63) is 22.2 Å². The number of nitrogens with zero attached hydrogens (tertiary/aromatic N) is 4. The van der Waals surface area contributed by atoms with Gasteiger partial charge in [-0.15, -0.1) is 0 Å². The molecule has 0 bridgehead atoms. The number of nitro benzene ring substituents is 1. The standard InChI is InChI=1S/C13H15N5O3/c19-18(20)11-4-3-10(12-13(11)16-21-15-12)17-6-8-2-1-5-14-9(8)7-17/h3-4,8-9,14H,1-2,5-7H2. The Morgan fingerprint density at radius 1 is 1.33 bits per heavy atom. The molecule has 2 fully saturated rings. The molecule has 2 aliphatic rings. The fourth-order valence-corrected chi connectivity index (χ4v) is 3.49. The van der Waals surface area contributed by atoms with Crippen LogP contribution in [-0.4, -0.2) is 40.9 Å². The average Bonchev–Trinajstić information content (AvgIpc) is 3.12. The Morgan fingerprint density at radius 3 is 3.00 bits per heavy atom. The van der Waals surface area contributed by atoms with Crippen molar-refractivity contribution in [2.24, 2.45) is 5.92 Å². The number of rotatable bonds is 2. The van der Waals surface area contributed by atoms with Crippen LogP contribution >= 0.6 is 0 Å². The SMILES string of the molecule is O=[N+]([O-])c1ccc(N2CC3CCCNC3C2)c2nonc12. The highest BCUT2D eigenvalue weighted by Gasteiger charge is 2.35. The van der Waals surface area contributed by atoms with E-state index >= 15 is 0 Å². The lowest BCUT2D eigenvalue weighted by Crippen LogP contribution is -2.40. The summed E-state index contributed by atoms with van der Waals surface area (Å²) in [4.78, 5) is 12.8. The van der Waals surface area contributed by atoms with Gasteiger partial charge in [-0.1, -0.05) is 0 Å². The number of benzene rings is 1. The second-order valence-electron chi connectivity index (χ2n) is 5.69. The van der Waals surface area contributed by atoms with E-state index in [2.05, 4.69) is 20.5 Å². The van der Waals surface area contributed by atoms with E-state index in [-0.39, 0.29) is 11.2 Å². The Morgan fingerprint density at radius 2 is 2.19 bits per heavy atom. The Kier molecular flexibility index (Phi) is 2.78. The highest BCUT2D eigenvalue weighted by Crippen LogP contribution is 2.35. The van der Waals surface area contributed by atoms with Crippen molar-refractivity contribution >= 4 is 22.4 Å². The maximum Gasteiger partial charge on any atom is 0.300 e. The van der Waals surface area contributed by atoms with E-state index in [1.54, 1.807) is 6.07 Å². The summed E-state index contributed by atoms with van der Waals surface area (Å²) in [6.45, 7) is 2.90. The highest BCUT2D eigenvalue weighted by atomic mass is 16.6. The third kappa shape index (κ3) is 1.94. The molecule has 4 rings (SSSR count). The molecule has 1 aromatic carbocycles. The minimum absolute atomic E-state index is 0.0651. The number of hydrogen-bond acceptors (Lipinski definition) is 7. The molecule has 2 atom stereocenters. The summed E-state index contributed by atoms with van der Waals surface area (Å²) in [7, 11) is 0. The molecule has 2 saturated heterocycles. The van der Waals surface area contributed by atoms with Gasteiger partial charge in [0.1, 0.15) is 0 Å². The Bertz CT molecular complexity index is 686. The fraction of sp³-hybridized carbons (Fsp3) is 0.538. The first-order chi connectivity index (χ1) is 10.2. The minimum Gasteiger partial charge on any atom is -0.368 e. The zero-order chi connectivity index (χ0) is 14.4. The molecule has 0 spiro atoms. The van der Waals surface area contributed by atoms with Crippen LogP contribution in [0.15, 0.2) is 16.8 Å². The summed E-state index contributed by atoms with van der Waals surface area (Å²) >= 11 is 0. The molecule has 1 aromatic heterocycles. The Balaban J connectivity index is 1.73. The number of aromatic nitrogens is 2. The molecule has 2 aromatic rings. The van der Waals surface area contributed by atoms with Crippen LogP contribution in [0, 0.1) is 16.0 Å². The van der Waals surface area contributed by atoms with Crippen LogP contribution < -0.4 is 10.2 Å². The quantitative estimate of drug-likeness (QED) is 0.657. The van der Waals surface area contributed by atoms with Gasteiger partial charge in [-0.3, -0.25) is 10.1 Å². The van der Waals surface area contributed by atoms with Crippen molar-refractivity contribution in [2.45, 2.75) is 18.9 Å². The number of nitro groups is 1. The first-order valence-corrected chi connectivity index (χ1v) is 7.12. The summed E-state index contributed by atoms with van der Waals surface area (Å²) < 4.78 is 4.73. The molecule has 8 heteroatoms. The van der Waals surface area contributed by atoms with Crippen molar-refractivity contribution in [1.82, 2.24) is 15.6 Å². The second kappa shape index (κ2) is 4.66. The molecule has 0 amide bonds. The Hall–Kier alpha value is -2.22. The molecular weight excluding hydrogens is 274 g/mol. The van der Waals surface area contributed by atoms with Crippen molar-refractivity contribution < 1.29 is 9.55 Å². The molecule has 0 radical (unpaired) electrons. The van der Waals surface area contributed by atoms with Gasteiger partial charge < -0.3 is 10.2 Å². The molecule has 110 valence electrons. The first kappa shape index (κ1) is 12.5. The minimum atomic E-state index is -0.457. The number of anilines is 1. The van der Waals surface area contributed by atoms with Crippen LogP contribution in [-0.2, 0) is 0 Å². The molecule has 3 heterocycles. The van der Waals surface area contributed by atoms with Crippen LogP contribution in [0.25, 0.3) is 11.0 Å². The molecule has 2 aliphatic heterocycles. The summed E-state index contributed by atoms with van der Waals surface area (Å²) in [6.07, 6.45) is 2.43. The van der Waals surface area contributed by atoms with Crippen LogP contribution in [0.4, 0.5) is 11.4 Å². The lowest BCUT2D eigenvalue weighted by Gasteiger charge is -2.24. The monoisotopic (exact) mass is 289 g/mol. The summed E-state index contributed by atoms with van der Waals surface area (Å²) in [5.74, 6) is 0.629. The van der Waals surface area contributed by atoms with Crippen LogP contribution in [0.3, 0.4) is 0 Å². The van der Waals surface area contributed by atoms with Crippen molar-refractivity contribution in [1.29, 1.82) is 0 Å². The van der Waals surface area contributed by atoms with Crippen molar-refractivity contribution in [3.63, 3.8) is 0 Å². The van der Waals surface area contributed by atoms with Gasteiger partial charge in [-0.25, -0.2) is 4.63 Å². The van der Waals surface area contributed by atoms with Gasteiger partial charge >= 0.3 is 5.69 Å². The van der Waals surface area contributed by atoms with Gasteiger partial charge in [0.2, 0.25) is 5.52 Å². The largest absolute Gasteiger partial charge is 0.368 e. The van der Waals surface area contributed by atoms with Crippen molar-refractivity contribution in [2.75, 3.05) is 24.5 Å². The van der Waals surface area contributed by atoms with E-state index < -0.39 is 4.92 Å². The highest BCUT2D eigenvalue weighted by molar-refractivity contribution is 5.93. The van der Waals surface area contributed by atoms with Crippen LogP contribution in [0.5, 0.6) is 0 Å². The van der Waals surface area contributed by atoms with E-state index in [0.717, 1.165) is 25.3 Å². The zero-order valence-electron chi connectivity index (χ0n) is 11.4. The van der Waals surface area contributed by atoms with E-state index in [1.165, 1.54) is 18.9 Å². The number of fused-ring (bicyclic) bond motifs is 2. The topological polar surface area (TPSA) is 97.3 Å². The summed E-state index contributed by atoms with van der Waals surface area (Å²) in [5.41, 5.74) is 1.50. The van der Waals surface area contributed by atoms with Gasteiger partial charge in [0.05, 0.1) is 10.6 Å². The van der Waals surface area contributed by atoms with E-state index in [9.17, 15) is 10.1 Å². The smallest absolute Gasteiger partial charge is 0.300 e. The summed E-state index contributed by atoms with van der Waals surface area (Å²) in [5, 5.41) is 22.1. The molecule has 21 heavy (non-hydrogen) atoms. The van der Waals surface area contributed by atoms with Gasteiger partial charge in [-0.2, -0.15) is 0 Å². The van der Waals surface area contributed by atoms with Gasteiger partial charge in [0, 0.05) is 25.2 Å². The van der Waals surface area contributed by atoms with Crippen LogP contribution in [0.1, 0.15) is 12.8 Å². The predicted octanol–water partition coefficient (Wildman–Crippen LogP) is 1.32. The van der Waals surface area contributed by atoms with E-state index in [0.29, 0.717) is 17.5 Å². The first-order valence-electron chi connectivity index (χ1n) is 7.12. The Labute approximate surface area is 120 Å². The zero-order valence-corrected chi connectivity index (χ0v) is 11.4. The third-order valence-corrected chi connectivity index (χ3v) is 4.51. The van der Waals surface area contributed by atoms with Gasteiger partial charge in [-0.05, 0) is 41.7 Å². The lowest BCUT2D eigenvalue weighted by molar-refractivity contribution is -0.383.